The molecule has 4 rings (SSSR count). The van der Waals surface area contributed by atoms with Gasteiger partial charge in [0.1, 0.15) is 17.2 Å². The minimum absolute atomic E-state index is 0.204. The number of imide groups is 1. The van der Waals surface area contributed by atoms with Crippen molar-refractivity contribution in [3.05, 3.63) is 76.7 Å². The number of aromatic nitrogens is 1. The van der Waals surface area contributed by atoms with Crippen LogP contribution < -0.4 is 9.64 Å². The Balaban J connectivity index is 1.56. The van der Waals surface area contributed by atoms with Crippen LogP contribution in [0.25, 0.3) is 0 Å². The number of aryl methyl sites for hydroxylation is 1. The maximum atomic E-state index is 13.0. The SMILES string of the molecule is CCOc1ccc(N2C(=O)c3ccc(C(=O)N(C)Cc4cc(C)on4)cc3C2=O)cc1. The van der Waals surface area contributed by atoms with Gasteiger partial charge in [-0.25, -0.2) is 4.90 Å². The van der Waals surface area contributed by atoms with E-state index in [9.17, 15) is 14.4 Å². The number of anilines is 1. The number of ether oxygens (including phenoxy) is 1. The molecule has 0 radical (unpaired) electrons. The molecule has 0 N–H and O–H groups in total. The average Bonchev–Trinajstić information content (AvgIpc) is 3.28. The van der Waals surface area contributed by atoms with Gasteiger partial charge in [0, 0.05) is 18.7 Å². The normalized spacial score (nSPS) is 12.8. The lowest BCUT2D eigenvalue weighted by Gasteiger charge is -2.16. The van der Waals surface area contributed by atoms with Gasteiger partial charge < -0.3 is 14.2 Å². The third-order valence-electron chi connectivity index (χ3n) is 4.96. The molecular formula is C23H21N3O5. The van der Waals surface area contributed by atoms with Gasteiger partial charge >= 0.3 is 0 Å². The smallest absolute Gasteiger partial charge is 0.266 e. The molecular weight excluding hydrogens is 398 g/mol. The molecule has 2 heterocycles. The van der Waals surface area contributed by atoms with Gasteiger partial charge in [0.05, 0.1) is 30.0 Å². The van der Waals surface area contributed by atoms with E-state index >= 15 is 0 Å². The molecule has 0 unspecified atom stereocenters. The second-order valence-electron chi connectivity index (χ2n) is 7.22. The van der Waals surface area contributed by atoms with Crippen molar-refractivity contribution in [2.24, 2.45) is 0 Å². The number of carbonyl (C=O) groups excluding carboxylic acids is 3. The number of hydrogen-bond donors (Lipinski definition) is 0. The Kier molecular flexibility index (Phi) is 5.29. The molecule has 0 bridgehead atoms. The topological polar surface area (TPSA) is 92.9 Å². The summed E-state index contributed by atoms with van der Waals surface area (Å²) < 4.78 is 10.4. The summed E-state index contributed by atoms with van der Waals surface area (Å²) in [5.41, 5.74) is 1.86. The van der Waals surface area contributed by atoms with Gasteiger partial charge in [-0.1, -0.05) is 5.16 Å². The van der Waals surface area contributed by atoms with Crippen molar-refractivity contribution in [2.45, 2.75) is 20.4 Å². The first-order valence-electron chi connectivity index (χ1n) is 9.82. The van der Waals surface area contributed by atoms with Crippen LogP contribution in [0.1, 0.15) is 49.5 Å². The van der Waals surface area contributed by atoms with Crippen molar-refractivity contribution < 1.29 is 23.6 Å². The fourth-order valence-corrected chi connectivity index (χ4v) is 3.49. The molecule has 0 saturated carbocycles. The quantitative estimate of drug-likeness (QED) is 0.568. The van der Waals surface area contributed by atoms with Crippen LogP contribution in [-0.2, 0) is 6.54 Å². The Morgan fingerprint density at radius 3 is 2.42 bits per heavy atom. The highest BCUT2D eigenvalue weighted by molar-refractivity contribution is 6.34. The van der Waals surface area contributed by atoms with Gasteiger partial charge in [0.25, 0.3) is 17.7 Å². The Morgan fingerprint density at radius 2 is 1.77 bits per heavy atom. The van der Waals surface area contributed by atoms with Gasteiger partial charge in [0.15, 0.2) is 0 Å². The summed E-state index contributed by atoms with van der Waals surface area (Å²) in [6.45, 7) is 4.44. The lowest BCUT2D eigenvalue weighted by molar-refractivity contribution is 0.0781. The Bertz CT molecular complexity index is 1170. The van der Waals surface area contributed by atoms with Gasteiger partial charge in [-0.15, -0.1) is 0 Å². The second-order valence-corrected chi connectivity index (χ2v) is 7.22. The summed E-state index contributed by atoms with van der Waals surface area (Å²) in [6, 6.07) is 13.0. The summed E-state index contributed by atoms with van der Waals surface area (Å²) in [7, 11) is 1.64. The molecule has 1 aliphatic heterocycles. The standard InChI is InChI=1S/C23H21N3O5/c1-4-30-18-8-6-17(7-9-18)26-22(28)19-10-5-15(12-20(19)23(26)29)21(27)25(3)13-16-11-14(2)31-24-16/h5-12H,4,13H2,1-3H3. The molecule has 31 heavy (non-hydrogen) atoms. The average molecular weight is 419 g/mol. The predicted octanol–water partition coefficient (Wildman–Crippen LogP) is 3.45. The van der Waals surface area contributed by atoms with Crippen molar-refractivity contribution in [1.29, 1.82) is 0 Å². The molecule has 0 aliphatic carbocycles. The van der Waals surface area contributed by atoms with Crippen molar-refractivity contribution in [1.82, 2.24) is 10.1 Å². The monoisotopic (exact) mass is 419 g/mol. The Labute approximate surface area is 179 Å². The second kappa shape index (κ2) is 8.06. The van der Waals surface area contributed by atoms with Crippen molar-refractivity contribution in [3.63, 3.8) is 0 Å². The molecule has 0 saturated heterocycles. The third-order valence-corrected chi connectivity index (χ3v) is 4.96. The summed E-state index contributed by atoms with van der Waals surface area (Å²) >= 11 is 0. The first kappa shape index (κ1) is 20.3. The van der Waals surface area contributed by atoms with E-state index in [0.29, 0.717) is 35.1 Å². The highest BCUT2D eigenvalue weighted by Crippen LogP contribution is 2.30. The van der Waals surface area contributed by atoms with E-state index in [1.54, 1.807) is 50.4 Å². The highest BCUT2D eigenvalue weighted by Gasteiger charge is 2.37. The maximum Gasteiger partial charge on any atom is 0.266 e. The summed E-state index contributed by atoms with van der Waals surface area (Å²) in [6.07, 6.45) is 0. The van der Waals surface area contributed by atoms with Crippen LogP contribution in [0, 0.1) is 6.92 Å². The van der Waals surface area contributed by atoms with Crippen molar-refractivity contribution in [2.75, 3.05) is 18.6 Å². The minimum atomic E-state index is -0.464. The Hall–Kier alpha value is -3.94. The van der Waals surface area contributed by atoms with Crippen LogP contribution in [0.5, 0.6) is 5.75 Å². The van der Waals surface area contributed by atoms with Crippen molar-refractivity contribution >= 4 is 23.4 Å². The third kappa shape index (κ3) is 3.79. The zero-order valence-corrected chi connectivity index (χ0v) is 17.4. The summed E-state index contributed by atoms with van der Waals surface area (Å²) in [4.78, 5) is 41.2. The molecule has 0 fully saturated rings. The lowest BCUT2D eigenvalue weighted by atomic mass is 10.0. The number of nitrogens with zero attached hydrogens (tertiary/aromatic N) is 3. The van der Waals surface area contributed by atoms with E-state index in [4.69, 9.17) is 9.26 Å². The van der Waals surface area contributed by atoms with Gasteiger partial charge in [-0.05, 0) is 56.3 Å². The number of rotatable bonds is 6. The van der Waals surface area contributed by atoms with Gasteiger partial charge in [-0.3, -0.25) is 14.4 Å². The minimum Gasteiger partial charge on any atom is -0.494 e. The van der Waals surface area contributed by atoms with Crippen LogP contribution in [0.3, 0.4) is 0 Å². The lowest BCUT2D eigenvalue weighted by Crippen LogP contribution is -2.29. The fraction of sp³-hybridized carbons (Fsp3) is 0.217. The molecule has 8 heteroatoms. The zero-order valence-electron chi connectivity index (χ0n) is 17.4. The van der Waals surface area contributed by atoms with Gasteiger partial charge in [-0.2, -0.15) is 0 Å². The summed E-state index contributed by atoms with van der Waals surface area (Å²) in [5, 5.41) is 3.89. The van der Waals surface area contributed by atoms with Crippen molar-refractivity contribution in [3.8, 4) is 5.75 Å². The molecule has 0 spiro atoms. The molecule has 2 aromatic carbocycles. The highest BCUT2D eigenvalue weighted by atomic mass is 16.5. The van der Waals surface area contributed by atoms with E-state index in [-0.39, 0.29) is 23.6 Å². The number of hydrogen-bond acceptors (Lipinski definition) is 6. The number of fused-ring (bicyclic) bond motifs is 1. The van der Waals surface area contributed by atoms with E-state index in [0.717, 1.165) is 4.90 Å². The van der Waals surface area contributed by atoms with E-state index < -0.39 is 11.8 Å². The maximum absolute atomic E-state index is 13.0. The molecule has 3 amide bonds. The molecule has 0 atom stereocenters. The molecule has 3 aromatic rings. The number of amides is 3. The molecule has 1 aromatic heterocycles. The largest absolute Gasteiger partial charge is 0.494 e. The first-order valence-corrected chi connectivity index (χ1v) is 9.82. The van der Waals surface area contributed by atoms with E-state index in [2.05, 4.69) is 5.16 Å². The van der Waals surface area contributed by atoms with Crippen LogP contribution in [0.15, 0.2) is 53.1 Å². The molecule has 158 valence electrons. The van der Waals surface area contributed by atoms with E-state index in [1.807, 2.05) is 6.92 Å². The first-order chi connectivity index (χ1) is 14.9. The van der Waals surface area contributed by atoms with Crippen LogP contribution in [-0.4, -0.2) is 41.4 Å². The number of carbonyl (C=O) groups is 3. The Morgan fingerprint density at radius 1 is 1.06 bits per heavy atom. The van der Waals surface area contributed by atoms with E-state index in [1.165, 1.54) is 17.0 Å². The van der Waals surface area contributed by atoms with Crippen LogP contribution in [0.2, 0.25) is 0 Å². The fourth-order valence-electron chi connectivity index (χ4n) is 3.49. The summed E-state index contributed by atoms with van der Waals surface area (Å²) in [5.74, 6) is 0.138. The van der Waals surface area contributed by atoms with Gasteiger partial charge in [0.2, 0.25) is 0 Å². The predicted molar refractivity (Wildman–Crippen MR) is 112 cm³/mol. The molecule has 1 aliphatic rings. The van der Waals surface area contributed by atoms with Crippen LogP contribution in [0.4, 0.5) is 5.69 Å². The zero-order chi connectivity index (χ0) is 22.1. The van der Waals surface area contributed by atoms with Crippen LogP contribution >= 0.6 is 0 Å². The number of benzene rings is 2. The molecule has 8 nitrogen and oxygen atoms in total.